The van der Waals surface area contributed by atoms with E-state index in [2.05, 4.69) is 21.4 Å². The molecule has 1 fully saturated rings. The fourth-order valence-electron chi connectivity index (χ4n) is 3.21. The van der Waals surface area contributed by atoms with Crippen molar-refractivity contribution in [3.05, 3.63) is 23.2 Å². The van der Waals surface area contributed by atoms with Crippen LogP contribution in [0.1, 0.15) is 32.2 Å². The number of hydrogen-bond donors (Lipinski definition) is 1. The Labute approximate surface area is 124 Å². The van der Waals surface area contributed by atoms with Crippen LogP contribution in [-0.2, 0) is 0 Å². The fourth-order valence-corrected chi connectivity index (χ4v) is 3.47. The number of imidazole rings is 1. The highest BCUT2D eigenvalue weighted by Gasteiger charge is 2.24. The first-order valence-electron chi connectivity index (χ1n) is 7.35. The highest BCUT2D eigenvalue weighted by atomic mass is 35.5. The molecule has 0 aliphatic carbocycles. The van der Waals surface area contributed by atoms with Crippen molar-refractivity contribution < 1.29 is 0 Å². The van der Waals surface area contributed by atoms with E-state index in [9.17, 15) is 0 Å². The van der Waals surface area contributed by atoms with Gasteiger partial charge in [-0.15, -0.1) is 0 Å². The number of rotatable bonds is 3. The molecule has 1 aromatic carbocycles. The highest BCUT2D eigenvalue weighted by molar-refractivity contribution is 6.35. The Morgan fingerprint density at radius 1 is 1.35 bits per heavy atom. The van der Waals surface area contributed by atoms with Gasteiger partial charge >= 0.3 is 0 Å². The van der Waals surface area contributed by atoms with E-state index in [1.165, 1.54) is 13.0 Å². The second-order valence-electron chi connectivity index (χ2n) is 5.52. The lowest BCUT2D eigenvalue weighted by atomic mass is 10.0. The van der Waals surface area contributed by atoms with Crippen LogP contribution in [0.15, 0.2) is 18.2 Å². The van der Waals surface area contributed by atoms with Gasteiger partial charge in [-0.1, -0.05) is 24.6 Å². The van der Waals surface area contributed by atoms with Gasteiger partial charge in [-0.3, -0.25) is 0 Å². The van der Waals surface area contributed by atoms with E-state index in [0.717, 1.165) is 42.0 Å². The first-order valence-corrected chi connectivity index (χ1v) is 7.72. The number of piperidine rings is 1. The molecule has 2 aromatic rings. The van der Waals surface area contributed by atoms with Crippen molar-refractivity contribution in [2.75, 3.05) is 25.4 Å². The Morgan fingerprint density at radius 3 is 2.80 bits per heavy atom. The van der Waals surface area contributed by atoms with Crippen LogP contribution in [0.3, 0.4) is 0 Å². The standard InChI is InChI=1S/C15H21ClN4/c1-2-8-19-9-6-11(7-10-19)20-14-12(16)4-3-5-13(14)18-15(20)17/h3-5,11H,2,6-10H2,1H3,(H2,17,18). The molecule has 4 nitrogen and oxygen atoms in total. The molecule has 1 saturated heterocycles. The van der Waals surface area contributed by atoms with Crippen molar-refractivity contribution in [2.45, 2.75) is 32.2 Å². The molecule has 2 N–H and O–H groups in total. The van der Waals surface area contributed by atoms with Gasteiger partial charge in [-0.05, 0) is 37.9 Å². The number of nitrogens with two attached hydrogens (primary N) is 1. The molecule has 108 valence electrons. The maximum absolute atomic E-state index is 6.35. The summed E-state index contributed by atoms with van der Waals surface area (Å²) in [5.41, 5.74) is 8.01. The Hall–Kier alpha value is -1.26. The molecule has 0 amide bonds. The Balaban J connectivity index is 1.90. The summed E-state index contributed by atoms with van der Waals surface area (Å²) in [6, 6.07) is 6.22. The monoisotopic (exact) mass is 292 g/mol. The third-order valence-corrected chi connectivity index (χ3v) is 4.46. The molecule has 1 aliphatic rings. The van der Waals surface area contributed by atoms with Crippen LogP contribution in [0.25, 0.3) is 11.0 Å². The SMILES string of the molecule is CCCN1CCC(n2c(N)nc3cccc(Cl)c32)CC1. The van der Waals surface area contributed by atoms with Crippen LogP contribution < -0.4 is 5.73 Å². The Bertz CT molecular complexity index is 599. The summed E-state index contributed by atoms with van der Waals surface area (Å²) in [4.78, 5) is 6.97. The molecule has 0 saturated carbocycles. The zero-order chi connectivity index (χ0) is 14.1. The third kappa shape index (κ3) is 2.38. The van der Waals surface area contributed by atoms with Crippen molar-refractivity contribution >= 4 is 28.6 Å². The molecule has 2 heterocycles. The van der Waals surface area contributed by atoms with Gasteiger partial charge in [0, 0.05) is 19.1 Å². The largest absolute Gasteiger partial charge is 0.369 e. The fraction of sp³-hybridized carbons (Fsp3) is 0.533. The Kier molecular flexibility index (Phi) is 3.85. The number of benzene rings is 1. The first kappa shape index (κ1) is 13.7. The summed E-state index contributed by atoms with van der Waals surface area (Å²) in [5, 5.41) is 0.739. The Morgan fingerprint density at radius 2 is 2.10 bits per heavy atom. The first-order chi connectivity index (χ1) is 9.70. The van der Waals surface area contributed by atoms with E-state index < -0.39 is 0 Å². The molecule has 0 radical (unpaired) electrons. The average molecular weight is 293 g/mol. The average Bonchev–Trinajstić information content (AvgIpc) is 2.78. The number of likely N-dealkylation sites (tertiary alicyclic amines) is 1. The van der Waals surface area contributed by atoms with Crippen LogP contribution >= 0.6 is 11.6 Å². The van der Waals surface area contributed by atoms with Crippen LogP contribution in [0.5, 0.6) is 0 Å². The zero-order valence-electron chi connectivity index (χ0n) is 11.8. The third-order valence-electron chi connectivity index (χ3n) is 4.15. The molecule has 0 unspecified atom stereocenters. The van der Waals surface area contributed by atoms with Crippen LogP contribution in [0.2, 0.25) is 5.02 Å². The summed E-state index contributed by atoms with van der Waals surface area (Å²) in [5.74, 6) is 0.585. The minimum absolute atomic E-state index is 0.410. The molecule has 0 atom stereocenters. The van der Waals surface area contributed by atoms with Gasteiger partial charge in [0.2, 0.25) is 5.95 Å². The molecule has 20 heavy (non-hydrogen) atoms. The van der Waals surface area contributed by atoms with Crippen molar-refractivity contribution in [2.24, 2.45) is 0 Å². The number of halogens is 1. The number of para-hydroxylation sites is 1. The van der Waals surface area contributed by atoms with Crippen LogP contribution in [0.4, 0.5) is 5.95 Å². The molecular formula is C15H21ClN4. The van der Waals surface area contributed by atoms with E-state index in [1.54, 1.807) is 0 Å². The molecule has 0 bridgehead atoms. The summed E-state index contributed by atoms with van der Waals surface area (Å²) >= 11 is 6.35. The van der Waals surface area contributed by atoms with Gasteiger partial charge in [0.15, 0.2) is 0 Å². The van der Waals surface area contributed by atoms with Gasteiger partial charge in [0.1, 0.15) is 0 Å². The highest BCUT2D eigenvalue weighted by Crippen LogP contribution is 2.33. The van der Waals surface area contributed by atoms with Gasteiger partial charge in [-0.25, -0.2) is 4.98 Å². The predicted molar refractivity (Wildman–Crippen MR) is 84.2 cm³/mol. The summed E-state index contributed by atoms with van der Waals surface area (Å²) in [6.45, 7) is 5.67. The number of aromatic nitrogens is 2. The van der Waals surface area contributed by atoms with Crippen molar-refractivity contribution in [3.8, 4) is 0 Å². The molecule has 0 spiro atoms. The van der Waals surface area contributed by atoms with Crippen molar-refractivity contribution in [3.63, 3.8) is 0 Å². The number of nitrogen functional groups attached to an aromatic ring is 1. The van der Waals surface area contributed by atoms with Crippen LogP contribution in [0, 0.1) is 0 Å². The number of hydrogen-bond acceptors (Lipinski definition) is 3. The van der Waals surface area contributed by atoms with E-state index in [4.69, 9.17) is 17.3 Å². The lowest BCUT2D eigenvalue weighted by Crippen LogP contribution is -2.35. The quantitative estimate of drug-likeness (QED) is 0.944. The zero-order valence-corrected chi connectivity index (χ0v) is 12.6. The van der Waals surface area contributed by atoms with Gasteiger partial charge < -0.3 is 15.2 Å². The summed E-state index contributed by atoms with van der Waals surface area (Å²) in [6.07, 6.45) is 3.44. The lowest BCUT2D eigenvalue weighted by Gasteiger charge is -2.33. The molecule has 5 heteroatoms. The summed E-state index contributed by atoms with van der Waals surface area (Å²) in [7, 11) is 0. The molecular weight excluding hydrogens is 272 g/mol. The smallest absolute Gasteiger partial charge is 0.201 e. The summed E-state index contributed by atoms with van der Waals surface area (Å²) < 4.78 is 2.14. The van der Waals surface area contributed by atoms with E-state index in [-0.39, 0.29) is 0 Å². The molecule has 1 aliphatic heterocycles. The minimum atomic E-state index is 0.410. The second kappa shape index (κ2) is 5.62. The van der Waals surface area contributed by atoms with Gasteiger partial charge in [-0.2, -0.15) is 0 Å². The molecule has 1 aromatic heterocycles. The maximum atomic E-state index is 6.35. The lowest BCUT2D eigenvalue weighted by molar-refractivity contribution is 0.189. The number of fused-ring (bicyclic) bond motifs is 1. The minimum Gasteiger partial charge on any atom is -0.369 e. The number of nitrogens with zero attached hydrogens (tertiary/aromatic N) is 3. The van der Waals surface area contributed by atoms with E-state index in [1.807, 2.05) is 18.2 Å². The topological polar surface area (TPSA) is 47.1 Å². The molecule has 3 rings (SSSR count). The predicted octanol–water partition coefficient (Wildman–Crippen LogP) is 3.32. The van der Waals surface area contributed by atoms with Gasteiger partial charge in [0.25, 0.3) is 0 Å². The van der Waals surface area contributed by atoms with Gasteiger partial charge in [0.05, 0.1) is 16.1 Å². The second-order valence-corrected chi connectivity index (χ2v) is 5.93. The van der Waals surface area contributed by atoms with E-state index in [0.29, 0.717) is 12.0 Å². The maximum Gasteiger partial charge on any atom is 0.201 e. The number of anilines is 1. The van der Waals surface area contributed by atoms with Crippen molar-refractivity contribution in [1.29, 1.82) is 0 Å². The van der Waals surface area contributed by atoms with Crippen molar-refractivity contribution in [1.82, 2.24) is 14.5 Å². The van der Waals surface area contributed by atoms with E-state index >= 15 is 0 Å². The van der Waals surface area contributed by atoms with Crippen LogP contribution in [-0.4, -0.2) is 34.1 Å². The normalized spacial score (nSPS) is 17.9.